The minimum atomic E-state index is -0.111. The lowest BCUT2D eigenvalue weighted by molar-refractivity contribution is 0.0960. The molecular weight excluding hydrogens is 226 g/mol. The largest absolute Gasteiger partial charge is 0.496 e. The van der Waals surface area contributed by atoms with Crippen molar-refractivity contribution >= 4 is 5.91 Å². The minimum Gasteiger partial charge on any atom is -0.496 e. The van der Waals surface area contributed by atoms with Crippen molar-refractivity contribution < 1.29 is 9.53 Å². The Labute approximate surface area is 110 Å². The van der Waals surface area contributed by atoms with Gasteiger partial charge in [-0.2, -0.15) is 0 Å². The van der Waals surface area contributed by atoms with E-state index in [-0.39, 0.29) is 11.3 Å². The first-order valence-electron chi connectivity index (χ1n) is 6.28. The lowest BCUT2D eigenvalue weighted by Crippen LogP contribution is -2.21. The van der Waals surface area contributed by atoms with Crippen LogP contribution in [0.15, 0.2) is 12.1 Å². The molecule has 1 aromatic carbocycles. The fourth-order valence-corrected chi connectivity index (χ4v) is 2.09. The maximum absolute atomic E-state index is 11.9. The number of hydrogen-bond acceptors (Lipinski definition) is 2. The second kappa shape index (κ2) is 5.42. The molecule has 0 aliphatic rings. The summed E-state index contributed by atoms with van der Waals surface area (Å²) in [5, 5.41) is 2.65. The third-order valence-electron chi connectivity index (χ3n) is 3.09. The Kier molecular flexibility index (Phi) is 4.38. The van der Waals surface area contributed by atoms with Crippen molar-refractivity contribution in [2.24, 2.45) is 0 Å². The third-order valence-corrected chi connectivity index (χ3v) is 3.09. The molecule has 0 saturated carbocycles. The van der Waals surface area contributed by atoms with E-state index >= 15 is 0 Å². The van der Waals surface area contributed by atoms with Crippen molar-refractivity contribution in [3.05, 3.63) is 28.8 Å². The maximum atomic E-state index is 11.9. The summed E-state index contributed by atoms with van der Waals surface area (Å²) in [6.45, 7) is 8.58. The predicted octanol–water partition coefficient (Wildman–Crippen LogP) is 2.91. The number of amides is 1. The highest BCUT2D eigenvalue weighted by Crippen LogP contribution is 2.32. The smallest absolute Gasteiger partial charge is 0.254 e. The van der Waals surface area contributed by atoms with E-state index in [9.17, 15) is 4.79 Å². The van der Waals surface area contributed by atoms with E-state index in [1.54, 1.807) is 14.2 Å². The summed E-state index contributed by atoms with van der Waals surface area (Å²) in [6, 6.07) is 3.93. The van der Waals surface area contributed by atoms with Crippen LogP contribution in [-0.4, -0.2) is 20.1 Å². The van der Waals surface area contributed by atoms with E-state index in [2.05, 4.69) is 33.0 Å². The van der Waals surface area contributed by atoms with Gasteiger partial charge in [0.15, 0.2) is 0 Å². The number of benzene rings is 1. The standard InChI is InChI=1S/C15H23NO2/c1-7-10-8-13(18-6)11(14(17)16-5)9-12(10)15(2,3)4/h8-9H,7H2,1-6H3,(H,16,17). The highest BCUT2D eigenvalue weighted by molar-refractivity contribution is 5.97. The van der Waals surface area contributed by atoms with Gasteiger partial charge in [0.05, 0.1) is 12.7 Å². The molecule has 3 heteroatoms. The number of methoxy groups -OCH3 is 1. The minimum absolute atomic E-state index is 0.0143. The average Bonchev–Trinajstić information content (AvgIpc) is 2.34. The molecule has 0 bridgehead atoms. The van der Waals surface area contributed by atoms with Gasteiger partial charge in [-0.25, -0.2) is 0 Å². The monoisotopic (exact) mass is 249 g/mol. The number of nitrogens with one attached hydrogen (secondary N) is 1. The van der Waals surface area contributed by atoms with Gasteiger partial charge in [-0.15, -0.1) is 0 Å². The summed E-state index contributed by atoms with van der Waals surface area (Å²) in [5.74, 6) is 0.527. The van der Waals surface area contributed by atoms with Crippen LogP contribution in [0.5, 0.6) is 5.75 Å². The Morgan fingerprint density at radius 2 is 1.94 bits per heavy atom. The third kappa shape index (κ3) is 2.84. The van der Waals surface area contributed by atoms with Gasteiger partial charge in [-0.05, 0) is 35.1 Å². The van der Waals surface area contributed by atoms with E-state index < -0.39 is 0 Å². The maximum Gasteiger partial charge on any atom is 0.254 e. The van der Waals surface area contributed by atoms with E-state index in [1.807, 2.05) is 12.1 Å². The summed E-state index contributed by atoms with van der Waals surface area (Å²) < 4.78 is 5.32. The molecule has 1 amide bonds. The van der Waals surface area contributed by atoms with Crippen LogP contribution in [0.1, 0.15) is 49.2 Å². The van der Waals surface area contributed by atoms with Crippen LogP contribution >= 0.6 is 0 Å². The van der Waals surface area contributed by atoms with E-state index in [0.717, 1.165) is 6.42 Å². The van der Waals surface area contributed by atoms with Gasteiger partial charge in [0.25, 0.3) is 5.91 Å². The summed E-state index contributed by atoms with van der Waals surface area (Å²) >= 11 is 0. The zero-order chi connectivity index (χ0) is 13.9. The zero-order valence-corrected chi connectivity index (χ0v) is 12.2. The molecular formula is C15H23NO2. The molecule has 0 heterocycles. The molecule has 18 heavy (non-hydrogen) atoms. The van der Waals surface area contributed by atoms with Crippen molar-refractivity contribution in [3.8, 4) is 5.75 Å². The van der Waals surface area contributed by atoms with Crippen molar-refractivity contribution in [1.82, 2.24) is 5.32 Å². The van der Waals surface area contributed by atoms with Crippen LogP contribution in [0.4, 0.5) is 0 Å². The molecule has 0 radical (unpaired) electrons. The molecule has 3 nitrogen and oxygen atoms in total. The first-order chi connectivity index (χ1) is 8.35. The number of rotatable bonds is 3. The van der Waals surface area contributed by atoms with Crippen LogP contribution in [0, 0.1) is 0 Å². The van der Waals surface area contributed by atoms with Gasteiger partial charge in [0, 0.05) is 7.05 Å². The van der Waals surface area contributed by atoms with Gasteiger partial charge < -0.3 is 10.1 Å². The van der Waals surface area contributed by atoms with Gasteiger partial charge in [0.1, 0.15) is 5.75 Å². The zero-order valence-electron chi connectivity index (χ0n) is 12.2. The second-order valence-corrected chi connectivity index (χ2v) is 5.39. The van der Waals surface area contributed by atoms with Crippen molar-refractivity contribution in [2.45, 2.75) is 39.5 Å². The number of carbonyl (C=O) groups excluding carboxylic acids is 1. The van der Waals surface area contributed by atoms with Crippen LogP contribution in [0.2, 0.25) is 0 Å². The van der Waals surface area contributed by atoms with Gasteiger partial charge in [-0.1, -0.05) is 27.7 Å². The molecule has 0 unspecified atom stereocenters. The van der Waals surface area contributed by atoms with Gasteiger partial charge in [-0.3, -0.25) is 4.79 Å². The molecule has 0 fully saturated rings. The molecule has 0 aliphatic heterocycles. The van der Waals surface area contributed by atoms with Gasteiger partial charge >= 0.3 is 0 Å². The molecule has 0 aliphatic carbocycles. The van der Waals surface area contributed by atoms with Crippen LogP contribution in [0.3, 0.4) is 0 Å². The molecule has 0 spiro atoms. The number of ether oxygens (including phenoxy) is 1. The average molecular weight is 249 g/mol. The lowest BCUT2D eigenvalue weighted by atomic mass is 9.82. The Hall–Kier alpha value is -1.51. The Bertz CT molecular complexity index is 445. The SMILES string of the molecule is CCc1cc(OC)c(C(=O)NC)cc1C(C)(C)C. The number of hydrogen-bond donors (Lipinski definition) is 1. The second-order valence-electron chi connectivity index (χ2n) is 5.39. The molecule has 0 atom stereocenters. The topological polar surface area (TPSA) is 38.3 Å². The molecule has 0 aromatic heterocycles. The number of carbonyl (C=O) groups is 1. The van der Waals surface area contributed by atoms with Crippen LogP contribution in [0.25, 0.3) is 0 Å². The first-order valence-corrected chi connectivity index (χ1v) is 6.28. The van der Waals surface area contributed by atoms with Crippen molar-refractivity contribution in [2.75, 3.05) is 14.2 Å². The highest BCUT2D eigenvalue weighted by Gasteiger charge is 2.22. The van der Waals surface area contributed by atoms with Crippen molar-refractivity contribution in [3.63, 3.8) is 0 Å². The normalized spacial score (nSPS) is 11.2. The predicted molar refractivity (Wildman–Crippen MR) is 74.5 cm³/mol. The van der Waals surface area contributed by atoms with Crippen LogP contribution in [-0.2, 0) is 11.8 Å². The van der Waals surface area contributed by atoms with Crippen LogP contribution < -0.4 is 10.1 Å². The fourth-order valence-electron chi connectivity index (χ4n) is 2.09. The highest BCUT2D eigenvalue weighted by atomic mass is 16.5. The Morgan fingerprint density at radius 1 is 1.33 bits per heavy atom. The molecule has 1 aromatic rings. The molecule has 100 valence electrons. The summed E-state index contributed by atoms with van der Waals surface area (Å²) in [4.78, 5) is 11.9. The van der Waals surface area contributed by atoms with Crippen molar-refractivity contribution in [1.29, 1.82) is 0 Å². The Morgan fingerprint density at radius 3 is 2.33 bits per heavy atom. The molecule has 1 N–H and O–H groups in total. The summed E-state index contributed by atoms with van der Waals surface area (Å²) in [7, 11) is 3.23. The fraction of sp³-hybridized carbons (Fsp3) is 0.533. The number of aryl methyl sites for hydroxylation is 1. The molecule has 1 rings (SSSR count). The molecule has 0 saturated heterocycles. The van der Waals surface area contributed by atoms with E-state index in [0.29, 0.717) is 11.3 Å². The van der Waals surface area contributed by atoms with E-state index in [1.165, 1.54) is 11.1 Å². The quantitative estimate of drug-likeness (QED) is 0.894. The lowest BCUT2D eigenvalue weighted by Gasteiger charge is -2.24. The summed E-state index contributed by atoms with van der Waals surface area (Å²) in [6.07, 6.45) is 0.928. The Balaban J connectivity index is 3.49. The van der Waals surface area contributed by atoms with Gasteiger partial charge in [0.2, 0.25) is 0 Å². The summed E-state index contributed by atoms with van der Waals surface area (Å²) in [5.41, 5.74) is 3.04. The van der Waals surface area contributed by atoms with E-state index in [4.69, 9.17) is 4.74 Å². The first kappa shape index (κ1) is 14.6.